The fourth-order valence-electron chi connectivity index (χ4n) is 5.04. The molecule has 2 N–H and O–H groups in total. The van der Waals surface area contributed by atoms with Gasteiger partial charge in [-0.3, -0.25) is 0 Å². The molecule has 5 heteroatoms. The maximum Gasteiger partial charge on any atom is 0.314 e. The number of likely N-dealkylation sites (tertiary alicyclic amines) is 1. The number of carbonyl (C=O) groups is 1. The van der Waals surface area contributed by atoms with Crippen molar-refractivity contribution >= 4 is 6.03 Å². The number of fused-ring (bicyclic) bond motifs is 1. The molecule has 0 bridgehead atoms. The number of primary amides is 1. The lowest BCUT2D eigenvalue weighted by Crippen LogP contribution is -2.36. The predicted octanol–water partition coefficient (Wildman–Crippen LogP) is 3.41. The van der Waals surface area contributed by atoms with Gasteiger partial charge in [-0.25, -0.2) is 4.79 Å². The van der Waals surface area contributed by atoms with Crippen LogP contribution in [0.15, 0.2) is 48.5 Å². The predicted molar refractivity (Wildman–Crippen MR) is 104 cm³/mol. The van der Waals surface area contributed by atoms with Crippen molar-refractivity contribution in [1.29, 1.82) is 0 Å². The van der Waals surface area contributed by atoms with E-state index in [-0.39, 0.29) is 11.4 Å². The Bertz CT molecular complexity index is 787. The summed E-state index contributed by atoms with van der Waals surface area (Å²) in [5, 5.41) is 0. The molecule has 1 saturated carbocycles. The Hall–Kier alpha value is -2.69. The van der Waals surface area contributed by atoms with Crippen LogP contribution < -0.4 is 15.2 Å². The standard InChI is InChI=1S/C22H26N2O3/c1-26-19-7-3-5-17(9-19)22(18-6-4-8-20(10-18)27-2)11-15-13-24(21(23)25)14-16(15)12-22/h3-10,15-16H,11-14H2,1-2H3,(H2,23,25). The minimum atomic E-state index is -0.308. The summed E-state index contributed by atoms with van der Waals surface area (Å²) in [6.45, 7) is 1.49. The van der Waals surface area contributed by atoms with Crippen molar-refractivity contribution in [3.8, 4) is 11.5 Å². The van der Waals surface area contributed by atoms with Crippen molar-refractivity contribution in [3.63, 3.8) is 0 Å². The zero-order chi connectivity index (χ0) is 19.0. The molecule has 2 fully saturated rings. The fraction of sp³-hybridized carbons (Fsp3) is 0.409. The largest absolute Gasteiger partial charge is 0.497 e. The summed E-state index contributed by atoms with van der Waals surface area (Å²) in [5.41, 5.74) is 7.93. The van der Waals surface area contributed by atoms with E-state index in [1.807, 2.05) is 12.1 Å². The van der Waals surface area contributed by atoms with Crippen molar-refractivity contribution in [2.75, 3.05) is 27.3 Å². The Morgan fingerprint density at radius 1 is 0.963 bits per heavy atom. The molecule has 5 nitrogen and oxygen atoms in total. The van der Waals surface area contributed by atoms with Crippen LogP contribution in [-0.4, -0.2) is 38.2 Å². The zero-order valence-electron chi connectivity index (χ0n) is 15.9. The van der Waals surface area contributed by atoms with E-state index in [1.165, 1.54) is 11.1 Å². The summed E-state index contributed by atoms with van der Waals surface area (Å²) < 4.78 is 11.0. The second kappa shape index (κ2) is 6.80. The van der Waals surface area contributed by atoms with E-state index in [2.05, 4.69) is 36.4 Å². The molecule has 2 atom stereocenters. The molecule has 2 aliphatic rings. The lowest BCUT2D eigenvalue weighted by molar-refractivity contribution is 0.213. The van der Waals surface area contributed by atoms with E-state index in [1.54, 1.807) is 19.1 Å². The van der Waals surface area contributed by atoms with Crippen LogP contribution in [0.25, 0.3) is 0 Å². The molecule has 2 aromatic rings. The summed E-state index contributed by atoms with van der Waals surface area (Å²) in [7, 11) is 3.40. The topological polar surface area (TPSA) is 64.8 Å². The number of hydrogen-bond donors (Lipinski definition) is 1. The highest BCUT2D eigenvalue weighted by atomic mass is 16.5. The highest BCUT2D eigenvalue weighted by Gasteiger charge is 2.51. The fourth-order valence-corrected chi connectivity index (χ4v) is 5.04. The first-order valence-corrected chi connectivity index (χ1v) is 9.39. The molecule has 2 amide bonds. The number of amides is 2. The van der Waals surface area contributed by atoms with Crippen molar-refractivity contribution in [1.82, 2.24) is 4.90 Å². The zero-order valence-corrected chi connectivity index (χ0v) is 15.9. The van der Waals surface area contributed by atoms with Gasteiger partial charge >= 0.3 is 6.03 Å². The first-order chi connectivity index (χ1) is 13.1. The summed E-state index contributed by atoms with van der Waals surface area (Å²) in [6.07, 6.45) is 1.98. The normalized spacial score (nSPS) is 23.1. The van der Waals surface area contributed by atoms with Gasteiger partial charge in [-0.15, -0.1) is 0 Å². The van der Waals surface area contributed by atoms with Gasteiger partial charge in [0.05, 0.1) is 14.2 Å². The van der Waals surface area contributed by atoms with Gasteiger partial charge in [0.2, 0.25) is 0 Å². The highest BCUT2D eigenvalue weighted by Crippen LogP contribution is 2.54. The molecule has 0 radical (unpaired) electrons. The Kier molecular flexibility index (Phi) is 4.46. The van der Waals surface area contributed by atoms with E-state index in [4.69, 9.17) is 15.2 Å². The molecule has 1 aliphatic heterocycles. The van der Waals surface area contributed by atoms with Crippen LogP contribution in [-0.2, 0) is 5.41 Å². The van der Waals surface area contributed by atoms with Gasteiger partial charge in [-0.2, -0.15) is 0 Å². The number of nitrogens with zero attached hydrogens (tertiary/aromatic N) is 1. The van der Waals surface area contributed by atoms with Gasteiger partial charge in [0.1, 0.15) is 11.5 Å². The van der Waals surface area contributed by atoms with Gasteiger partial charge in [0, 0.05) is 18.5 Å². The molecular formula is C22H26N2O3. The third kappa shape index (κ3) is 3.01. The maximum atomic E-state index is 11.6. The number of ether oxygens (including phenoxy) is 2. The van der Waals surface area contributed by atoms with E-state index in [0.29, 0.717) is 11.8 Å². The molecular weight excluding hydrogens is 340 g/mol. The average molecular weight is 366 g/mol. The number of benzene rings is 2. The Balaban J connectivity index is 1.77. The first-order valence-electron chi connectivity index (χ1n) is 9.39. The van der Waals surface area contributed by atoms with Crippen LogP contribution in [0, 0.1) is 11.8 Å². The second-order valence-corrected chi connectivity index (χ2v) is 7.72. The maximum absolute atomic E-state index is 11.6. The third-order valence-corrected chi connectivity index (χ3v) is 6.35. The molecule has 0 spiro atoms. The quantitative estimate of drug-likeness (QED) is 0.902. The van der Waals surface area contributed by atoms with Crippen LogP contribution in [0.2, 0.25) is 0 Å². The monoisotopic (exact) mass is 366 g/mol. The lowest BCUT2D eigenvalue weighted by Gasteiger charge is -2.33. The Labute approximate surface area is 160 Å². The summed E-state index contributed by atoms with van der Waals surface area (Å²) in [6, 6.07) is 16.4. The molecule has 142 valence electrons. The first kappa shape index (κ1) is 17.7. The molecule has 4 rings (SSSR count). The molecule has 2 aromatic carbocycles. The van der Waals surface area contributed by atoms with E-state index >= 15 is 0 Å². The number of carbonyl (C=O) groups excluding carboxylic acids is 1. The van der Waals surface area contributed by atoms with Gasteiger partial charge in [-0.05, 0) is 60.1 Å². The minimum Gasteiger partial charge on any atom is -0.497 e. The van der Waals surface area contributed by atoms with E-state index in [0.717, 1.165) is 37.4 Å². The van der Waals surface area contributed by atoms with Crippen LogP contribution in [0.1, 0.15) is 24.0 Å². The number of rotatable bonds is 4. The van der Waals surface area contributed by atoms with Crippen LogP contribution in [0.5, 0.6) is 11.5 Å². The summed E-state index contributed by atoms with van der Waals surface area (Å²) >= 11 is 0. The van der Waals surface area contributed by atoms with Crippen molar-refractivity contribution in [2.24, 2.45) is 17.6 Å². The number of methoxy groups -OCH3 is 2. The number of urea groups is 1. The molecule has 1 aliphatic carbocycles. The van der Waals surface area contributed by atoms with Crippen LogP contribution in [0.4, 0.5) is 4.79 Å². The summed E-state index contributed by atoms with van der Waals surface area (Å²) in [5.74, 6) is 2.64. The SMILES string of the molecule is COc1cccc(C2(c3cccc(OC)c3)CC3CN(C(N)=O)CC3C2)c1. The molecule has 0 aromatic heterocycles. The summed E-state index contributed by atoms with van der Waals surface area (Å²) in [4.78, 5) is 13.4. The van der Waals surface area contributed by atoms with Gasteiger partial charge < -0.3 is 20.1 Å². The van der Waals surface area contributed by atoms with E-state index < -0.39 is 0 Å². The number of hydrogen-bond acceptors (Lipinski definition) is 3. The highest BCUT2D eigenvalue weighted by molar-refractivity contribution is 5.72. The smallest absolute Gasteiger partial charge is 0.314 e. The molecule has 27 heavy (non-hydrogen) atoms. The molecule has 2 unspecified atom stereocenters. The third-order valence-electron chi connectivity index (χ3n) is 6.35. The van der Waals surface area contributed by atoms with E-state index in [9.17, 15) is 4.79 Å². The van der Waals surface area contributed by atoms with Crippen molar-refractivity contribution < 1.29 is 14.3 Å². The number of nitrogens with two attached hydrogens (primary N) is 1. The van der Waals surface area contributed by atoms with Gasteiger partial charge in [0.25, 0.3) is 0 Å². The molecule has 1 heterocycles. The average Bonchev–Trinajstić information content (AvgIpc) is 3.25. The van der Waals surface area contributed by atoms with Crippen molar-refractivity contribution in [2.45, 2.75) is 18.3 Å². The second-order valence-electron chi connectivity index (χ2n) is 7.72. The van der Waals surface area contributed by atoms with Crippen LogP contribution in [0.3, 0.4) is 0 Å². The van der Waals surface area contributed by atoms with Gasteiger partial charge in [0.15, 0.2) is 0 Å². The Morgan fingerprint density at radius 3 is 1.85 bits per heavy atom. The van der Waals surface area contributed by atoms with Gasteiger partial charge in [-0.1, -0.05) is 24.3 Å². The van der Waals surface area contributed by atoms with Crippen molar-refractivity contribution in [3.05, 3.63) is 59.7 Å². The lowest BCUT2D eigenvalue weighted by atomic mass is 9.72. The Morgan fingerprint density at radius 2 is 1.44 bits per heavy atom. The molecule has 1 saturated heterocycles. The van der Waals surface area contributed by atoms with Crippen LogP contribution >= 0.6 is 0 Å². The minimum absolute atomic E-state index is 0.109.